The SMILES string of the molecule is COCC(Nc1ccc(F)cc1I)C(=O)O. The van der Waals surface area contributed by atoms with E-state index in [2.05, 4.69) is 5.32 Å². The van der Waals surface area contributed by atoms with Crippen molar-refractivity contribution in [3.8, 4) is 0 Å². The zero-order chi connectivity index (χ0) is 12.1. The molecule has 0 radical (unpaired) electrons. The lowest BCUT2D eigenvalue weighted by Crippen LogP contribution is -2.33. The maximum atomic E-state index is 12.8. The summed E-state index contributed by atoms with van der Waals surface area (Å²) in [5, 5.41) is 11.7. The lowest BCUT2D eigenvalue weighted by Gasteiger charge is -2.15. The fourth-order valence-electron chi connectivity index (χ4n) is 1.14. The van der Waals surface area contributed by atoms with Gasteiger partial charge in [-0.25, -0.2) is 9.18 Å². The van der Waals surface area contributed by atoms with Gasteiger partial charge >= 0.3 is 5.97 Å². The van der Waals surface area contributed by atoms with Gasteiger partial charge in [0.05, 0.1) is 6.61 Å². The average molecular weight is 339 g/mol. The zero-order valence-electron chi connectivity index (χ0n) is 8.54. The van der Waals surface area contributed by atoms with Crippen molar-refractivity contribution in [2.45, 2.75) is 6.04 Å². The molecule has 16 heavy (non-hydrogen) atoms. The molecule has 1 atom stereocenters. The van der Waals surface area contributed by atoms with Crippen LogP contribution in [0.4, 0.5) is 10.1 Å². The number of benzene rings is 1. The van der Waals surface area contributed by atoms with Crippen molar-refractivity contribution in [1.82, 2.24) is 0 Å². The summed E-state index contributed by atoms with van der Waals surface area (Å²) in [5.74, 6) is -1.37. The predicted octanol–water partition coefficient (Wildman–Crippen LogP) is 1.94. The minimum absolute atomic E-state index is 0.0444. The molecule has 0 aliphatic heterocycles. The first kappa shape index (κ1) is 13.2. The van der Waals surface area contributed by atoms with Gasteiger partial charge in [-0.05, 0) is 40.8 Å². The summed E-state index contributed by atoms with van der Waals surface area (Å²) in [4.78, 5) is 10.9. The molecule has 2 N–H and O–H groups in total. The fourth-order valence-corrected chi connectivity index (χ4v) is 1.77. The van der Waals surface area contributed by atoms with Gasteiger partial charge in [-0.1, -0.05) is 0 Å². The molecule has 4 nitrogen and oxygen atoms in total. The molecule has 88 valence electrons. The molecule has 0 saturated carbocycles. The van der Waals surface area contributed by atoms with Crippen molar-refractivity contribution in [1.29, 1.82) is 0 Å². The molecule has 6 heteroatoms. The average Bonchev–Trinajstić information content (AvgIpc) is 2.20. The number of hydrogen-bond acceptors (Lipinski definition) is 3. The van der Waals surface area contributed by atoms with Crippen molar-refractivity contribution in [2.75, 3.05) is 19.0 Å². The molecule has 0 aliphatic carbocycles. The highest BCUT2D eigenvalue weighted by molar-refractivity contribution is 14.1. The number of halogens is 2. The summed E-state index contributed by atoms with van der Waals surface area (Å²) < 4.78 is 18.2. The van der Waals surface area contributed by atoms with Gasteiger partial charge in [-0.2, -0.15) is 0 Å². The van der Waals surface area contributed by atoms with E-state index in [0.717, 1.165) is 0 Å². The Morgan fingerprint density at radius 2 is 2.38 bits per heavy atom. The first-order valence-electron chi connectivity index (χ1n) is 4.48. The number of rotatable bonds is 5. The van der Waals surface area contributed by atoms with Crippen LogP contribution in [0.5, 0.6) is 0 Å². The van der Waals surface area contributed by atoms with Crippen LogP contribution in [0, 0.1) is 9.39 Å². The summed E-state index contributed by atoms with van der Waals surface area (Å²) in [6, 6.07) is 3.26. The molecule has 0 fully saturated rings. The van der Waals surface area contributed by atoms with Gasteiger partial charge in [0.2, 0.25) is 0 Å². The monoisotopic (exact) mass is 339 g/mol. The van der Waals surface area contributed by atoms with Gasteiger partial charge in [-0.15, -0.1) is 0 Å². The third kappa shape index (κ3) is 3.60. The van der Waals surface area contributed by atoms with Crippen LogP contribution in [0.2, 0.25) is 0 Å². The number of carboxylic acids is 1. The summed E-state index contributed by atoms with van der Waals surface area (Å²) in [7, 11) is 1.42. The zero-order valence-corrected chi connectivity index (χ0v) is 10.7. The quantitative estimate of drug-likeness (QED) is 0.805. The molecule has 0 bridgehead atoms. The van der Waals surface area contributed by atoms with Crippen LogP contribution < -0.4 is 5.32 Å². The molecular weight excluding hydrogens is 328 g/mol. The topological polar surface area (TPSA) is 58.6 Å². The smallest absolute Gasteiger partial charge is 0.328 e. The fraction of sp³-hybridized carbons (Fsp3) is 0.300. The highest BCUT2D eigenvalue weighted by atomic mass is 127. The third-order valence-corrected chi connectivity index (χ3v) is 2.78. The van der Waals surface area contributed by atoms with E-state index in [1.807, 2.05) is 22.6 Å². The van der Waals surface area contributed by atoms with Crippen molar-refractivity contribution < 1.29 is 19.0 Å². The Balaban J connectivity index is 2.81. The minimum atomic E-state index is -1.01. The Hall–Kier alpha value is -0.890. The molecule has 0 amide bonds. The van der Waals surface area contributed by atoms with Crippen LogP contribution in [0.1, 0.15) is 0 Å². The van der Waals surface area contributed by atoms with Crippen molar-refractivity contribution in [3.05, 3.63) is 27.6 Å². The van der Waals surface area contributed by atoms with E-state index in [1.165, 1.54) is 25.3 Å². The Morgan fingerprint density at radius 3 is 2.88 bits per heavy atom. The molecule has 1 rings (SSSR count). The number of ether oxygens (including phenoxy) is 1. The molecule has 0 aromatic heterocycles. The van der Waals surface area contributed by atoms with E-state index >= 15 is 0 Å². The van der Waals surface area contributed by atoms with E-state index in [4.69, 9.17) is 9.84 Å². The maximum absolute atomic E-state index is 12.8. The Labute approximate surface area is 106 Å². The second-order valence-electron chi connectivity index (χ2n) is 3.11. The summed E-state index contributed by atoms with van der Waals surface area (Å²) in [5.41, 5.74) is 0.575. The molecule has 0 aliphatic rings. The van der Waals surface area contributed by atoms with Crippen LogP contribution in [0.3, 0.4) is 0 Å². The first-order valence-corrected chi connectivity index (χ1v) is 5.56. The van der Waals surface area contributed by atoms with Gasteiger partial charge in [0.15, 0.2) is 0 Å². The van der Waals surface area contributed by atoms with Crippen molar-refractivity contribution in [3.63, 3.8) is 0 Å². The predicted molar refractivity (Wildman–Crippen MR) is 66.0 cm³/mol. The van der Waals surface area contributed by atoms with E-state index in [0.29, 0.717) is 9.26 Å². The number of hydrogen-bond donors (Lipinski definition) is 2. The largest absolute Gasteiger partial charge is 0.480 e. The molecule has 0 saturated heterocycles. The molecule has 0 spiro atoms. The number of carbonyl (C=O) groups is 1. The van der Waals surface area contributed by atoms with Crippen LogP contribution >= 0.6 is 22.6 Å². The molecule has 0 heterocycles. The number of nitrogens with one attached hydrogen (secondary N) is 1. The van der Waals surface area contributed by atoms with Gasteiger partial charge in [-0.3, -0.25) is 0 Å². The van der Waals surface area contributed by atoms with Crippen LogP contribution in [-0.2, 0) is 9.53 Å². The van der Waals surface area contributed by atoms with Crippen molar-refractivity contribution in [2.24, 2.45) is 0 Å². The number of aliphatic carboxylic acids is 1. The second-order valence-corrected chi connectivity index (χ2v) is 4.28. The number of anilines is 1. The Bertz CT molecular complexity index is 386. The molecular formula is C10H11FINO3. The lowest BCUT2D eigenvalue weighted by molar-refractivity contribution is -0.139. The van der Waals surface area contributed by atoms with Gasteiger partial charge in [0, 0.05) is 16.4 Å². The standard InChI is InChI=1S/C10H11FINO3/c1-16-5-9(10(14)15)13-8-3-2-6(11)4-7(8)12/h2-4,9,13H,5H2,1H3,(H,14,15). The van der Waals surface area contributed by atoms with E-state index in [-0.39, 0.29) is 12.4 Å². The second kappa shape index (κ2) is 6.00. The van der Waals surface area contributed by atoms with Gasteiger partial charge in [0.25, 0.3) is 0 Å². The van der Waals surface area contributed by atoms with Crippen LogP contribution in [-0.4, -0.2) is 30.8 Å². The van der Waals surface area contributed by atoms with Gasteiger partial charge < -0.3 is 15.2 Å². The summed E-state index contributed by atoms with van der Waals surface area (Å²) in [6.07, 6.45) is 0. The molecule has 1 aromatic carbocycles. The Kier molecular flexibility index (Phi) is 4.94. The van der Waals surface area contributed by atoms with E-state index in [1.54, 1.807) is 0 Å². The summed E-state index contributed by atoms with van der Waals surface area (Å²) in [6.45, 7) is 0.0444. The third-order valence-electron chi connectivity index (χ3n) is 1.89. The highest BCUT2D eigenvalue weighted by Gasteiger charge is 2.17. The van der Waals surface area contributed by atoms with Crippen LogP contribution in [0.15, 0.2) is 18.2 Å². The van der Waals surface area contributed by atoms with Crippen LogP contribution in [0.25, 0.3) is 0 Å². The first-order chi connectivity index (χ1) is 7.54. The lowest BCUT2D eigenvalue weighted by atomic mass is 10.2. The van der Waals surface area contributed by atoms with E-state index in [9.17, 15) is 9.18 Å². The van der Waals surface area contributed by atoms with Crippen molar-refractivity contribution >= 4 is 34.2 Å². The number of methoxy groups -OCH3 is 1. The Morgan fingerprint density at radius 1 is 1.69 bits per heavy atom. The summed E-state index contributed by atoms with van der Waals surface area (Å²) >= 11 is 1.93. The minimum Gasteiger partial charge on any atom is -0.480 e. The molecule has 1 unspecified atom stereocenters. The molecule has 1 aromatic rings. The highest BCUT2D eigenvalue weighted by Crippen LogP contribution is 2.19. The van der Waals surface area contributed by atoms with E-state index < -0.39 is 12.0 Å². The van der Waals surface area contributed by atoms with Gasteiger partial charge in [0.1, 0.15) is 11.9 Å². The maximum Gasteiger partial charge on any atom is 0.328 e. The number of carboxylic acid groups (broad SMARTS) is 1. The normalized spacial score (nSPS) is 12.2.